The van der Waals surface area contributed by atoms with Crippen LogP contribution in [0, 0.1) is 0 Å². The van der Waals surface area contributed by atoms with Crippen LogP contribution < -0.4 is 0 Å². The smallest absolute Gasteiger partial charge is 0.0159 e. The Labute approximate surface area is 738 Å². The van der Waals surface area contributed by atoms with Crippen LogP contribution in [0.5, 0.6) is 0 Å². The van der Waals surface area contributed by atoms with E-state index in [1.54, 1.807) is 0 Å². The molecular weight excluding hydrogens is 1530 g/mol. The van der Waals surface area contributed by atoms with Gasteiger partial charge >= 0.3 is 0 Å². The molecule has 0 aliphatic heterocycles. The van der Waals surface area contributed by atoms with Crippen molar-refractivity contribution in [3.63, 3.8) is 0 Å². The van der Waals surface area contributed by atoms with Crippen molar-refractivity contribution in [1.82, 2.24) is 0 Å². The van der Waals surface area contributed by atoms with Crippen molar-refractivity contribution in [1.29, 1.82) is 0 Å². The van der Waals surface area contributed by atoms with E-state index in [1.807, 2.05) is 0 Å². The van der Waals surface area contributed by atoms with Crippen molar-refractivity contribution in [2.24, 2.45) is 0 Å². The second-order valence-corrected chi connectivity index (χ2v) is 34.7. The number of benzene rings is 25. The van der Waals surface area contributed by atoms with E-state index in [0.717, 1.165) is 0 Å². The molecule has 0 heterocycles. The van der Waals surface area contributed by atoms with E-state index in [4.69, 9.17) is 0 Å². The van der Waals surface area contributed by atoms with E-state index in [-0.39, 0.29) is 5.41 Å². The molecule has 26 rings (SSSR count). The highest BCUT2D eigenvalue weighted by atomic mass is 14.4. The van der Waals surface area contributed by atoms with Crippen LogP contribution in [0.15, 0.2) is 473 Å². The number of hydrogen-bond acceptors (Lipinski definition) is 0. The first-order chi connectivity index (χ1) is 62.8. The van der Waals surface area contributed by atoms with Crippen LogP contribution in [0.25, 0.3) is 240 Å². The topological polar surface area (TPSA) is 0 Å². The zero-order chi connectivity index (χ0) is 84.2. The standard InChI is InChI=1S/2C44H28.C39H28/c1-3-15-35-30(11-1)13-9-21-37(35)32-25-23-29-24-26-33(28-34(29)27-32)43-39-17-5-7-19-41(39)44(42-20-8-6-18-40(42)43)38-22-10-14-31-12-2-4-16-36(31)38;1-2-12-32-26-33(23-20-29(32)10-1)34-24-21-30-22-25-35(28-36(30)27-34)43-39-15-5-7-17-41(39)44(42-18-8-6-16-40(42)43)38-19-9-13-31-11-3-4-14-37(31)38;1-39(2)35-21-10-9-15-28(35)29-23-22-26(24-36(29)39)37-31-16-5-7-18-33(31)38(34-19-8-6-17-32(34)37)30-20-11-13-25-12-3-4-14-27(25)30/h2*1-28H;3-24H,1-2H3. The van der Waals surface area contributed by atoms with Crippen LogP contribution in [0.2, 0.25) is 0 Å². The maximum atomic E-state index is 2.46. The average Bonchev–Trinajstić information content (AvgIpc) is 1.71. The summed E-state index contributed by atoms with van der Waals surface area (Å²) >= 11 is 0. The maximum absolute atomic E-state index is 2.46. The monoisotopic (exact) mass is 1610 g/mol. The SMILES string of the molecule is CC1(C)c2ccccc2-c2ccc(-c3c4ccccc4c(-c4cccc5ccccc45)c4ccccc34)cc21.c1ccc2c(-c3ccc4ccc(-c5c6ccccc6c(-c6cccc7ccccc67)c6ccccc56)cc4c3)cccc2c1.c1ccc2cc(-c3ccc4ccc(-c5c6ccccc6c(-c6cccc7ccccc67)c6ccccc56)cc4c3)ccc2c1. The Bertz CT molecular complexity index is 8620. The molecule has 592 valence electrons. The minimum absolute atomic E-state index is 0.0313. The minimum Gasteiger partial charge on any atom is -0.0619 e. The quantitative estimate of drug-likeness (QED) is 0.133. The lowest BCUT2D eigenvalue weighted by Crippen LogP contribution is -2.14. The van der Waals surface area contributed by atoms with Gasteiger partial charge in [0.05, 0.1) is 0 Å². The molecule has 1 aliphatic carbocycles. The summed E-state index contributed by atoms with van der Waals surface area (Å²) in [5.41, 5.74) is 25.9. The first kappa shape index (κ1) is 74.7. The van der Waals surface area contributed by atoms with Gasteiger partial charge in [0.15, 0.2) is 0 Å². The van der Waals surface area contributed by atoms with Crippen LogP contribution in [0.3, 0.4) is 0 Å². The molecule has 0 bridgehead atoms. The molecule has 1 aliphatic rings. The van der Waals surface area contributed by atoms with Crippen molar-refractivity contribution in [2.75, 3.05) is 0 Å². The van der Waals surface area contributed by atoms with Gasteiger partial charge < -0.3 is 0 Å². The molecule has 0 spiro atoms. The lowest BCUT2D eigenvalue weighted by atomic mass is 9.80. The largest absolute Gasteiger partial charge is 0.0619 e. The highest BCUT2D eigenvalue weighted by Gasteiger charge is 2.36. The molecule has 0 fully saturated rings. The van der Waals surface area contributed by atoms with Crippen LogP contribution in [-0.2, 0) is 5.41 Å². The summed E-state index contributed by atoms with van der Waals surface area (Å²) in [5.74, 6) is 0. The fourth-order valence-corrected chi connectivity index (χ4v) is 21.4. The van der Waals surface area contributed by atoms with Crippen LogP contribution in [0.1, 0.15) is 25.0 Å². The average molecular weight is 1610 g/mol. The molecule has 0 radical (unpaired) electrons. The Morgan fingerprint density at radius 3 is 0.717 bits per heavy atom. The molecule has 25 aromatic rings. The summed E-state index contributed by atoms with van der Waals surface area (Å²) in [6.07, 6.45) is 0. The number of rotatable bonds is 8. The van der Waals surface area contributed by atoms with E-state index >= 15 is 0 Å². The van der Waals surface area contributed by atoms with Crippen LogP contribution in [-0.4, -0.2) is 0 Å². The number of fused-ring (bicyclic) bond motifs is 16. The van der Waals surface area contributed by atoms with Gasteiger partial charge in [-0.1, -0.05) is 451 Å². The summed E-state index contributed by atoms with van der Waals surface area (Å²) in [5, 5.41) is 33.2. The molecule has 0 saturated heterocycles. The summed E-state index contributed by atoms with van der Waals surface area (Å²) < 4.78 is 0. The molecule has 0 nitrogen and oxygen atoms in total. The Balaban J connectivity index is 0.000000107. The van der Waals surface area contributed by atoms with Crippen LogP contribution >= 0.6 is 0 Å². The summed E-state index contributed by atoms with van der Waals surface area (Å²) in [6.45, 7) is 4.72. The zero-order valence-corrected chi connectivity index (χ0v) is 70.5. The molecule has 0 heteroatoms. The lowest BCUT2D eigenvalue weighted by molar-refractivity contribution is 0.660. The van der Waals surface area contributed by atoms with Gasteiger partial charge in [-0.15, -0.1) is 0 Å². The summed E-state index contributed by atoms with van der Waals surface area (Å²) in [6, 6.07) is 174. The van der Waals surface area contributed by atoms with Crippen molar-refractivity contribution in [2.45, 2.75) is 19.3 Å². The third-order valence-corrected chi connectivity index (χ3v) is 27.3. The van der Waals surface area contributed by atoms with E-state index < -0.39 is 0 Å². The second-order valence-electron chi connectivity index (χ2n) is 34.7. The highest BCUT2D eigenvalue weighted by molar-refractivity contribution is 6.27. The van der Waals surface area contributed by atoms with Crippen molar-refractivity contribution >= 4 is 140 Å². The Kier molecular flexibility index (Phi) is 18.1. The molecule has 0 aromatic heterocycles. The molecule has 25 aromatic carbocycles. The van der Waals surface area contributed by atoms with E-state index in [0.29, 0.717) is 0 Å². The fourth-order valence-electron chi connectivity index (χ4n) is 21.4. The predicted octanol–water partition coefficient (Wildman–Crippen LogP) is 35.7. The van der Waals surface area contributed by atoms with Gasteiger partial charge in [-0.2, -0.15) is 0 Å². The molecular formula is C127H84. The predicted molar refractivity (Wildman–Crippen MR) is 548 cm³/mol. The molecule has 0 N–H and O–H groups in total. The normalized spacial score (nSPS) is 12.2. The van der Waals surface area contributed by atoms with Gasteiger partial charge in [0.2, 0.25) is 0 Å². The molecule has 127 heavy (non-hydrogen) atoms. The fraction of sp³-hybridized carbons (Fsp3) is 0.0236. The van der Waals surface area contributed by atoms with Crippen molar-refractivity contribution in [3.8, 4) is 100 Å². The van der Waals surface area contributed by atoms with E-state index in [1.165, 1.54) is 251 Å². The van der Waals surface area contributed by atoms with Gasteiger partial charge in [-0.3, -0.25) is 0 Å². The first-order valence-electron chi connectivity index (χ1n) is 44.3. The Morgan fingerprint density at radius 1 is 0.118 bits per heavy atom. The second kappa shape index (κ2) is 30.7. The third kappa shape index (κ3) is 12.7. The van der Waals surface area contributed by atoms with Crippen LogP contribution in [0.4, 0.5) is 0 Å². The molecule has 0 amide bonds. The third-order valence-electron chi connectivity index (χ3n) is 27.3. The summed E-state index contributed by atoms with van der Waals surface area (Å²) in [7, 11) is 0. The molecule has 0 atom stereocenters. The molecule has 0 saturated carbocycles. The van der Waals surface area contributed by atoms with Crippen molar-refractivity contribution in [3.05, 3.63) is 484 Å². The van der Waals surface area contributed by atoms with Gasteiger partial charge in [-0.05, 0) is 288 Å². The van der Waals surface area contributed by atoms with Crippen molar-refractivity contribution < 1.29 is 0 Å². The molecule has 0 unspecified atom stereocenters. The van der Waals surface area contributed by atoms with Gasteiger partial charge in [0.1, 0.15) is 0 Å². The van der Waals surface area contributed by atoms with E-state index in [2.05, 4.69) is 487 Å². The van der Waals surface area contributed by atoms with Gasteiger partial charge in [0.25, 0.3) is 0 Å². The Hall–Kier alpha value is -16.1. The highest BCUT2D eigenvalue weighted by Crippen LogP contribution is 2.54. The van der Waals surface area contributed by atoms with Gasteiger partial charge in [-0.25, -0.2) is 0 Å². The zero-order valence-electron chi connectivity index (χ0n) is 70.5. The summed E-state index contributed by atoms with van der Waals surface area (Å²) in [4.78, 5) is 0. The number of hydrogen-bond donors (Lipinski definition) is 0. The lowest BCUT2D eigenvalue weighted by Gasteiger charge is -2.23. The first-order valence-corrected chi connectivity index (χ1v) is 44.3. The maximum Gasteiger partial charge on any atom is 0.0159 e. The van der Waals surface area contributed by atoms with E-state index in [9.17, 15) is 0 Å². The van der Waals surface area contributed by atoms with Gasteiger partial charge in [0, 0.05) is 5.41 Å². The Morgan fingerprint density at radius 2 is 0.339 bits per heavy atom. The minimum atomic E-state index is -0.0313.